The first-order chi connectivity index (χ1) is 19.7. The highest BCUT2D eigenvalue weighted by atomic mass is 35.5. The van der Waals surface area contributed by atoms with Crippen LogP contribution in [0.25, 0.3) is 0 Å². The maximum atomic E-state index is 14.2. The fraction of sp³-hybridized carbons (Fsp3) is 0.355. The van der Waals surface area contributed by atoms with Crippen molar-refractivity contribution in [1.82, 2.24) is 10.2 Å². The Hall–Kier alpha value is -3.56. The Labute approximate surface area is 247 Å². The van der Waals surface area contributed by atoms with Crippen molar-refractivity contribution >= 4 is 39.1 Å². The molecule has 0 heterocycles. The Balaban J connectivity index is 1.72. The van der Waals surface area contributed by atoms with Gasteiger partial charge in [-0.25, -0.2) is 8.42 Å². The summed E-state index contributed by atoms with van der Waals surface area (Å²) in [5.74, 6) is -0.158. The third-order valence-corrected chi connectivity index (χ3v) is 9.40. The van der Waals surface area contributed by atoms with Crippen molar-refractivity contribution in [3.05, 3.63) is 89.4 Å². The highest BCUT2D eigenvalue weighted by Crippen LogP contribution is 2.31. The van der Waals surface area contributed by atoms with E-state index in [4.69, 9.17) is 16.3 Å². The van der Waals surface area contributed by atoms with Crippen molar-refractivity contribution in [3.8, 4) is 5.75 Å². The standard InChI is InChI=1S/C31H36ClN3O5S/c1-3-28(31(37)33-24-13-7-8-14-24)34(21-23-12-11-15-25(20-23)40-2)30(36)22-35(29-19-10-9-18-27(29)32)41(38,39)26-16-5-4-6-17-26/h4-6,9-12,15-20,24,28H,3,7-8,13-14,21-22H2,1-2H3,(H,33,37). The first-order valence-electron chi connectivity index (χ1n) is 13.8. The number of ether oxygens (including phenoxy) is 1. The van der Waals surface area contributed by atoms with Gasteiger partial charge in [0.25, 0.3) is 10.0 Å². The Morgan fingerprint density at radius 2 is 1.68 bits per heavy atom. The minimum absolute atomic E-state index is 0.0260. The quantitative estimate of drug-likeness (QED) is 0.301. The van der Waals surface area contributed by atoms with Gasteiger partial charge >= 0.3 is 0 Å². The largest absolute Gasteiger partial charge is 0.497 e. The van der Waals surface area contributed by atoms with Crippen molar-refractivity contribution in [2.24, 2.45) is 0 Å². The Morgan fingerprint density at radius 3 is 2.34 bits per heavy atom. The smallest absolute Gasteiger partial charge is 0.264 e. The number of carbonyl (C=O) groups is 2. The number of benzene rings is 3. The molecule has 41 heavy (non-hydrogen) atoms. The number of anilines is 1. The Kier molecular flexibility index (Phi) is 10.3. The second-order valence-electron chi connectivity index (χ2n) is 10.1. The van der Waals surface area contributed by atoms with Gasteiger partial charge in [-0.1, -0.05) is 73.8 Å². The molecule has 0 bridgehead atoms. The van der Waals surface area contributed by atoms with Crippen LogP contribution in [0, 0.1) is 0 Å². The minimum atomic E-state index is -4.18. The lowest BCUT2D eigenvalue weighted by atomic mass is 10.1. The summed E-state index contributed by atoms with van der Waals surface area (Å²) in [6, 6.07) is 20.9. The summed E-state index contributed by atoms with van der Waals surface area (Å²) < 4.78 is 34.2. The Bertz CT molecular complexity index is 1440. The predicted octanol–water partition coefficient (Wildman–Crippen LogP) is 5.41. The molecular formula is C31H36ClN3O5S. The van der Waals surface area contributed by atoms with Crippen LogP contribution in [0.2, 0.25) is 5.02 Å². The van der Waals surface area contributed by atoms with E-state index in [1.807, 2.05) is 19.1 Å². The molecule has 1 atom stereocenters. The maximum absolute atomic E-state index is 14.2. The van der Waals surface area contributed by atoms with E-state index in [0.29, 0.717) is 12.2 Å². The molecule has 0 radical (unpaired) electrons. The van der Waals surface area contributed by atoms with Crippen LogP contribution in [-0.2, 0) is 26.2 Å². The fourth-order valence-corrected chi connectivity index (χ4v) is 6.88. The van der Waals surface area contributed by atoms with Crippen LogP contribution >= 0.6 is 11.6 Å². The van der Waals surface area contributed by atoms with Crippen LogP contribution in [-0.4, -0.2) is 50.9 Å². The van der Waals surface area contributed by atoms with Gasteiger partial charge in [0.1, 0.15) is 18.3 Å². The molecule has 2 amide bonds. The summed E-state index contributed by atoms with van der Waals surface area (Å²) in [7, 11) is -2.62. The molecule has 1 N–H and O–H groups in total. The molecule has 3 aromatic carbocycles. The summed E-state index contributed by atoms with van der Waals surface area (Å²) in [6.07, 6.45) is 4.27. The predicted molar refractivity (Wildman–Crippen MR) is 160 cm³/mol. The highest BCUT2D eigenvalue weighted by Gasteiger charge is 2.35. The number of amides is 2. The van der Waals surface area contributed by atoms with Gasteiger partial charge in [-0.15, -0.1) is 0 Å². The monoisotopic (exact) mass is 597 g/mol. The second-order valence-corrected chi connectivity index (χ2v) is 12.3. The summed E-state index contributed by atoms with van der Waals surface area (Å²) in [4.78, 5) is 29.2. The third-order valence-electron chi connectivity index (χ3n) is 7.31. The molecule has 0 spiro atoms. The van der Waals surface area contributed by atoms with E-state index in [0.717, 1.165) is 35.6 Å². The number of nitrogens with one attached hydrogen (secondary N) is 1. The lowest BCUT2D eigenvalue weighted by Crippen LogP contribution is -2.53. The average molecular weight is 598 g/mol. The molecular weight excluding hydrogens is 562 g/mol. The van der Waals surface area contributed by atoms with Crippen molar-refractivity contribution < 1.29 is 22.7 Å². The topological polar surface area (TPSA) is 96.0 Å². The van der Waals surface area contributed by atoms with Crippen LogP contribution in [0.15, 0.2) is 83.8 Å². The molecule has 0 aromatic heterocycles. The number of nitrogens with zero attached hydrogens (tertiary/aromatic N) is 2. The molecule has 1 aliphatic rings. The number of halogens is 1. The van der Waals surface area contributed by atoms with Crippen LogP contribution < -0.4 is 14.4 Å². The third kappa shape index (κ3) is 7.40. The van der Waals surface area contributed by atoms with Gasteiger partial charge < -0.3 is 15.0 Å². The summed E-state index contributed by atoms with van der Waals surface area (Å²) in [5.41, 5.74) is 0.927. The van der Waals surface area contributed by atoms with E-state index >= 15 is 0 Å². The highest BCUT2D eigenvalue weighted by molar-refractivity contribution is 7.92. The van der Waals surface area contributed by atoms with Crippen molar-refractivity contribution in [1.29, 1.82) is 0 Å². The number of rotatable bonds is 12. The number of carbonyl (C=O) groups excluding carboxylic acids is 2. The molecule has 0 aliphatic heterocycles. The fourth-order valence-electron chi connectivity index (χ4n) is 5.14. The van der Waals surface area contributed by atoms with E-state index in [2.05, 4.69) is 5.32 Å². The Morgan fingerprint density at radius 1 is 1.00 bits per heavy atom. The average Bonchev–Trinajstić information content (AvgIpc) is 3.49. The van der Waals surface area contributed by atoms with Gasteiger partial charge in [0.2, 0.25) is 11.8 Å². The molecule has 1 fully saturated rings. The maximum Gasteiger partial charge on any atom is 0.264 e. The molecule has 8 nitrogen and oxygen atoms in total. The lowest BCUT2D eigenvalue weighted by Gasteiger charge is -2.34. The zero-order chi connectivity index (χ0) is 29.4. The number of hydrogen-bond donors (Lipinski definition) is 1. The molecule has 4 rings (SSSR count). The molecule has 1 aliphatic carbocycles. The van der Waals surface area contributed by atoms with Crippen LogP contribution in [0.4, 0.5) is 5.69 Å². The minimum Gasteiger partial charge on any atom is -0.497 e. The summed E-state index contributed by atoms with van der Waals surface area (Å²) in [6.45, 7) is 1.39. The molecule has 218 valence electrons. The van der Waals surface area contributed by atoms with Crippen molar-refractivity contribution in [2.75, 3.05) is 18.0 Å². The van der Waals surface area contributed by atoms with E-state index < -0.39 is 28.5 Å². The first-order valence-corrected chi connectivity index (χ1v) is 15.6. The van der Waals surface area contributed by atoms with Gasteiger partial charge in [-0.2, -0.15) is 0 Å². The van der Waals surface area contributed by atoms with Gasteiger partial charge in [0.05, 0.1) is 22.7 Å². The summed E-state index contributed by atoms with van der Waals surface area (Å²) in [5, 5.41) is 3.30. The normalized spacial score (nSPS) is 14.3. The summed E-state index contributed by atoms with van der Waals surface area (Å²) >= 11 is 6.47. The van der Waals surface area contributed by atoms with Crippen LogP contribution in [0.1, 0.15) is 44.6 Å². The SMILES string of the molecule is CCC(C(=O)NC1CCCC1)N(Cc1cccc(OC)c1)C(=O)CN(c1ccccc1Cl)S(=O)(=O)c1ccccc1. The first kappa shape index (κ1) is 30.4. The van der Waals surface area contributed by atoms with Gasteiger partial charge in [-0.3, -0.25) is 13.9 Å². The zero-order valence-electron chi connectivity index (χ0n) is 23.3. The van der Waals surface area contributed by atoms with Crippen LogP contribution in [0.3, 0.4) is 0 Å². The van der Waals surface area contributed by atoms with Crippen molar-refractivity contribution in [3.63, 3.8) is 0 Å². The van der Waals surface area contributed by atoms with E-state index in [-0.39, 0.29) is 34.1 Å². The second kappa shape index (κ2) is 13.9. The number of para-hydroxylation sites is 1. The van der Waals surface area contributed by atoms with Gasteiger partial charge in [0, 0.05) is 12.6 Å². The lowest BCUT2D eigenvalue weighted by molar-refractivity contribution is -0.140. The van der Waals surface area contributed by atoms with E-state index in [9.17, 15) is 18.0 Å². The number of methoxy groups -OCH3 is 1. The number of hydrogen-bond acceptors (Lipinski definition) is 5. The van der Waals surface area contributed by atoms with Gasteiger partial charge in [0.15, 0.2) is 0 Å². The molecule has 1 unspecified atom stereocenters. The van der Waals surface area contributed by atoms with Crippen molar-refractivity contribution in [2.45, 2.75) is 62.6 Å². The zero-order valence-corrected chi connectivity index (χ0v) is 24.9. The molecule has 1 saturated carbocycles. The van der Waals surface area contributed by atoms with Gasteiger partial charge in [-0.05, 0) is 61.2 Å². The number of sulfonamides is 1. The molecule has 3 aromatic rings. The molecule has 10 heteroatoms. The van der Waals surface area contributed by atoms with E-state index in [1.54, 1.807) is 61.7 Å². The van der Waals surface area contributed by atoms with E-state index in [1.165, 1.54) is 17.0 Å². The molecule has 0 saturated heterocycles. The van der Waals surface area contributed by atoms with Crippen LogP contribution in [0.5, 0.6) is 5.75 Å².